The molecule has 0 nitrogen and oxygen atoms in total. The Morgan fingerprint density at radius 2 is 1.40 bits per heavy atom. The van der Waals surface area contributed by atoms with Crippen LogP contribution < -0.4 is 0 Å². The van der Waals surface area contributed by atoms with Gasteiger partial charge in [-0.25, -0.2) is 0 Å². The van der Waals surface area contributed by atoms with Crippen LogP contribution in [-0.2, 0) is 5.41 Å². The molecule has 0 aromatic heterocycles. The summed E-state index contributed by atoms with van der Waals surface area (Å²) in [7, 11) is 0. The molecule has 0 aliphatic carbocycles. The number of allylic oxidation sites excluding steroid dienone is 2. The number of rotatable bonds is 1. The molecule has 0 bridgehead atoms. The average molecular weight is 395 g/mol. The lowest BCUT2D eigenvalue weighted by molar-refractivity contribution is 0.546. The summed E-state index contributed by atoms with van der Waals surface area (Å²) in [5.41, 5.74) is 4.85. The molecule has 0 N–H and O–H groups in total. The Kier molecular flexibility index (Phi) is 5.96. The molecule has 0 saturated heterocycles. The van der Waals surface area contributed by atoms with Gasteiger partial charge >= 0.3 is 0 Å². The monoisotopic (exact) mass is 394 g/mol. The Hall–Kier alpha value is -1.78. The van der Waals surface area contributed by atoms with E-state index in [9.17, 15) is 0 Å². The summed E-state index contributed by atoms with van der Waals surface area (Å²) in [6, 6.07) is 16.9. The van der Waals surface area contributed by atoms with Crippen LogP contribution in [0.5, 0.6) is 0 Å². The minimum absolute atomic E-state index is 0.0758. The quantitative estimate of drug-likeness (QED) is 0.447. The van der Waals surface area contributed by atoms with Crippen LogP contribution in [0.15, 0.2) is 59.1 Å². The first kappa shape index (κ1) is 19.5. The van der Waals surface area contributed by atoms with Crippen molar-refractivity contribution in [1.29, 1.82) is 0 Å². The molecule has 25 heavy (non-hydrogen) atoms. The van der Waals surface area contributed by atoms with Gasteiger partial charge < -0.3 is 0 Å². The van der Waals surface area contributed by atoms with Crippen molar-refractivity contribution in [2.24, 2.45) is 5.41 Å². The summed E-state index contributed by atoms with van der Waals surface area (Å²) in [5, 5.41) is 0. The predicted molar refractivity (Wildman–Crippen MR) is 114 cm³/mol. The van der Waals surface area contributed by atoms with Gasteiger partial charge in [-0.05, 0) is 46.2 Å². The van der Waals surface area contributed by atoms with Crippen LogP contribution in [0.2, 0.25) is 0 Å². The molecule has 2 aromatic rings. The van der Waals surface area contributed by atoms with E-state index in [0.29, 0.717) is 0 Å². The zero-order chi connectivity index (χ0) is 18.7. The molecule has 0 amide bonds. The Morgan fingerprint density at radius 1 is 0.840 bits per heavy atom. The highest BCUT2D eigenvalue weighted by atomic mass is 79.9. The van der Waals surface area contributed by atoms with Gasteiger partial charge in [-0.2, -0.15) is 0 Å². The third kappa shape index (κ3) is 6.22. The van der Waals surface area contributed by atoms with Crippen LogP contribution in [0.25, 0.3) is 5.57 Å². The molecule has 0 atom stereocenters. The lowest BCUT2D eigenvalue weighted by Gasteiger charge is -2.19. The molecule has 130 valence electrons. The third-order valence-electron chi connectivity index (χ3n) is 3.83. The van der Waals surface area contributed by atoms with Gasteiger partial charge in [0.1, 0.15) is 0 Å². The van der Waals surface area contributed by atoms with Gasteiger partial charge in [-0.1, -0.05) is 99.7 Å². The molecule has 1 heteroatoms. The highest BCUT2D eigenvalue weighted by Gasteiger charge is 2.14. The third-order valence-corrected chi connectivity index (χ3v) is 4.35. The van der Waals surface area contributed by atoms with Crippen molar-refractivity contribution in [3.8, 4) is 11.8 Å². The van der Waals surface area contributed by atoms with E-state index in [-0.39, 0.29) is 10.8 Å². The van der Waals surface area contributed by atoms with Crippen LogP contribution in [0.1, 0.15) is 58.2 Å². The Bertz CT molecular complexity index is 796. The first-order chi connectivity index (χ1) is 11.5. The molecule has 0 unspecified atom stereocenters. The number of benzene rings is 2. The van der Waals surface area contributed by atoms with E-state index in [2.05, 4.69) is 99.7 Å². The first-order valence-corrected chi connectivity index (χ1v) is 9.45. The molecule has 0 spiro atoms. The molecule has 0 fully saturated rings. The molecule has 0 aliphatic rings. The molecule has 0 heterocycles. The second-order valence-electron chi connectivity index (χ2n) is 8.51. The van der Waals surface area contributed by atoms with Crippen molar-refractivity contribution < 1.29 is 0 Å². The lowest BCUT2D eigenvalue weighted by Crippen LogP contribution is -2.10. The maximum atomic E-state index is 3.47. The summed E-state index contributed by atoms with van der Waals surface area (Å²) >= 11 is 3.47. The van der Waals surface area contributed by atoms with Crippen LogP contribution in [0.3, 0.4) is 0 Å². The fourth-order valence-electron chi connectivity index (χ4n) is 2.45. The van der Waals surface area contributed by atoms with E-state index in [1.54, 1.807) is 0 Å². The van der Waals surface area contributed by atoms with Gasteiger partial charge in [-0.15, -0.1) is 0 Å². The van der Waals surface area contributed by atoms with Crippen molar-refractivity contribution in [2.75, 3.05) is 0 Å². The van der Waals surface area contributed by atoms with Gasteiger partial charge in [0.25, 0.3) is 0 Å². The van der Waals surface area contributed by atoms with E-state index >= 15 is 0 Å². The molecule has 0 radical (unpaired) electrons. The topological polar surface area (TPSA) is 0 Å². The van der Waals surface area contributed by atoms with E-state index in [1.165, 1.54) is 11.1 Å². The summed E-state index contributed by atoms with van der Waals surface area (Å²) in [6.45, 7) is 13.3. The molecule has 2 rings (SSSR count). The average Bonchev–Trinajstić information content (AvgIpc) is 2.51. The standard InChI is InChI=1S/C24H27Br/c1-23(2,3)17-20(10-7-18-8-15-22(25)16-9-18)19-11-13-21(14-12-19)24(4,5)6/h8-9,11-17H,1-6H3/b20-17-. The highest BCUT2D eigenvalue weighted by molar-refractivity contribution is 9.10. The second kappa shape index (κ2) is 7.63. The van der Waals surface area contributed by atoms with Crippen LogP contribution in [-0.4, -0.2) is 0 Å². The fraction of sp³-hybridized carbons (Fsp3) is 0.333. The van der Waals surface area contributed by atoms with Crippen molar-refractivity contribution >= 4 is 21.5 Å². The zero-order valence-electron chi connectivity index (χ0n) is 16.1. The molecular weight excluding hydrogens is 368 g/mol. The van der Waals surface area contributed by atoms with Gasteiger partial charge in [0.15, 0.2) is 0 Å². The lowest BCUT2D eigenvalue weighted by atomic mass is 9.85. The smallest absolute Gasteiger partial charge is 0.0286 e. The van der Waals surface area contributed by atoms with Crippen LogP contribution in [0.4, 0.5) is 0 Å². The van der Waals surface area contributed by atoms with E-state index < -0.39 is 0 Å². The number of hydrogen-bond donors (Lipinski definition) is 0. The number of halogens is 1. The Labute approximate surface area is 161 Å². The molecule has 2 aromatic carbocycles. The Morgan fingerprint density at radius 3 is 1.88 bits per heavy atom. The van der Waals surface area contributed by atoms with E-state index in [0.717, 1.165) is 15.6 Å². The van der Waals surface area contributed by atoms with Crippen molar-refractivity contribution in [3.63, 3.8) is 0 Å². The van der Waals surface area contributed by atoms with Gasteiger partial charge in [0.05, 0.1) is 0 Å². The van der Waals surface area contributed by atoms with Crippen molar-refractivity contribution in [1.82, 2.24) is 0 Å². The molecule has 0 saturated carbocycles. The van der Waals surface area contributed by atoms with Crippen LogP contribution in [0, 0.1) is 17.3 Å². The Balaban J connectivity index is 2.41. The predicted octanol–water partition coefficient (Wildman–Crippen LogP) is 7.23. The maximum Gasteiger partial charge on any atom is 0.0286 e. The number of hydrogen-bond acceptors (Lipinski definition) is 0. The first-order valence-electron chi connectivity index (χ1n) is 8.66. The summed E-state index contributed by atoms with van der Waals surface area (Å²) < 4.78 is 1.07. The summed E-state index contributed by atoms with van der Waals surface area (Å²) in [5.74, 6) is 6.68. The SMILES string of the molecule is CC(C)(C)/C=C(/C#Cc1ccc(Br)cc1)c1ccc(C(C)(C)C)cc1. The van der Waals surface area contributed by atoms with Crippen molar-refractivity contribution in [2.45, 2.75) is 47.0 Å². The maximum absolute atomic E-state index is 3.47. The largest absolute Gasteiger partial charge is 0.0628 e. The van der Waals surface area contributed by atoms with Crippen LogP contribution >= 0.6 is 15.9 Å². The second-order valence-corrected chi connectivity index (χ2v) is 9.42. The highest BCUT2D eigenvalue weighted by Crippen LogP contribution is 2.27. The molecule has 0 aliphatic heterocycles. The minimum atomic E-state index is 0.0758. The van der Waals surface area contributed by atoms with E-state index in [4.69, 9.17) is 0 Å². The molecular formula is C24H27Br. The summed E-state index contributed by atoms with van der Waals surface area (Å²) in [6.07, 6.45) is 2.25. The van der Waals surface area contributed by atoms with E-state index in [1.807, 2.05) is 24.3 Å². The van der Waals surface area contributed by atoms with Gasteiger partial charge in [0.2, 0.25) is 0 Å². The van der Waals surface area contributed by atoms with Gasteiger partial charge in [-0.3, -0.25) is 0 Å². The normalized spacial score (nSPS) is 12.5. The zero-order valence-corrected chi connectivity index (χ0v) is 17.7. The van der Waals surface area contributed by atoms with Gasteiger partial charge in [0, 0.05) is 15.6 Å². The fourth-order valence-corrected chi connectivity index (χ4v) is 2.71. The minimum Gasteiger partial charge on any atom is -0.0628 e. The van der Waals surface area contributed by atoms with Crippen molar-refractivity contribution in [3.05, 3.63) is 75.8 Å². The summed E-state index contributed by atoms with van der Waals surface area (Å²) in [4.78, 5) is 0.